The molecule has 0 fully saturated rings. The predicted octanol–water partition coefficient (Wildman–Crippen LogP) is 5.30. The highest BCUT2D eigenvalue weighted by molar-refractivity contribution is 7.23. The van der Waals surface area contributed by atoms with Gasteiger partial charge in [-0.05, 0) is 30.3 Å². The summed E-state index contributed by atoms with van der Waals surface area (Å²) in [7, 11) is 3.00. The zero-order chi connectivity index (χ0) is 22.2. The molecule has 0 N–H and O–H groups in total. The van der Waals surface area contributed by atoms with E-state index in [-0.39, 0.29) is 11.3 Å². The van der Waals surface area contributed by atoms with Crippen molar-refractivity contribution in [3.05, 3.63) is 84.1 Å². The number of Topliss-reactive ketones (excluding diaryl/α,β-unsaturated/α-hetero) is 2. The topological polar surface area (TPSA) is 69.9 Å². The van der Waals surface area contributed by atoms with Crippen molar-refractivity contribution in [2.45, 2.75) is 0 Å². The third-order valence-electron chi connectivity index (χ3n) is 5.27. The van der Waals surface area contributed by atoms with Gasteiger partial charge in [0.1, 0.15) is 11.4 Å². The lowest BCUT2D eigenvalue weighted by molar-refractivity contribution is 0.0814. The molecule has 0 atom stereocenters. The normalized spacial score (nSPS) is 11.1. The van der Waals surface area contributed by atoms with Crippen LogP contribution in [-0.4, -0.2) is 35.2 Å². The van der Waals surface area contributed by atoms with Gasteiger partial charge >= 0.3 is 0 Å². The zero-order valence-electron chi connectivity index (χ0n) is 17.4. The molecule has 0 amide bonds. The Bertz CT molecular complexity index is 1480. The Morgan fingerprint density at radius 3 is 2.31 bits per heavy atom. The quantitative estimate of drug-likeness (QED) is 0.264. The fraction of sp³-hybridized carbons (Fsp3) is 0.0800. The number of carbonyl (C=O) groups is 2. The van der Waals surface area contributed by atoms with Gasteiger partial charge in [-0.25, -0.2) is 4.98 Å². The molecule has 5 rings (SSSR count). The molecule has 32 heavy (non-hydrogen) atoms. The minimum atomic E-state index is -0.639. The monoisotopic (exact) mass is 442 g/mol. The first-order chi connectivity index (χ1) is 15.6. The summed E-state index contributed by atoms with van der Waals surface area (Å²) < 4.78 is 13.3. The molecule has 0 unspecified atom stereocenters. The lowest BCUT2D eigenvalue weighted by Gasteiger charge is -2.09. The van der Waals surface area contributed by atoms with Crippen molar-refractivity contribution >= 4 is 38.1 Å². The maximum Gasteiger partial charge on any atom is 0.252 e. The number of hydrogen-bond donors (Lipinski definition) is 0. The molecule has 3 aromatic carbocycles. The van der Waals surface area contributed by atoms with Gasteiger partial charge in [-0.2, -0.15) is 0 Å². The molecule has 0 aliphatic heterocycles. The minimum Gasteiger partial charge on any atom is -0.493 e. The van der Waals surface area contributed by atoms with Gasteiger partial charge in [-0.1, -0.05) is 53.8 Å². The summed E-state index contributed by atoms with van der Waals surface area (Å²) in [5, 5.41) is 0. The Labute approximate surface area is 187 Å². The van der Waals surface area contributed by atoms with E-state index in [0.717, 1.165) is 15.8 Å². The maximum absolute atomic E-state index is 13.6. The van der Waals surface area contributed by atoms with E-state index in [0.29, 0.717) is 22.2 Å². The van der Waals surface area contributed by atoms with Crippen molar-refractivity contribution in [3.8, 4) is 22.8 Å². The number of benzene rings is 3. The molecule has 7 heteroatoms. The number of rotatable bonds is 6. The molecule has 5 aromatic rings. The standard InChI is InChI=1S/C25H18N2O4S/c1-30-18-13-12-16(14-19(18)31-2)23(28)24(29)22-21(15-8-4-3-5-9-15)26-25-27(22)17-10-6-7-11-20(17)32-25/h3-14H,1-2H3. The summed E-state index contributed by atoms with van der Waals surface area (Å²) in [5.41, 5.74) is 2.58. The van der Waals surface area contributed by atoms with Crippen molar-refractivity contribution in [1.82, 2.24) is 9.38 Å². The molecular weight excluding hydrogens is 424 g/mol. The average molecular weight is 442 g/mol. The molecule has 2 aromatic heterocycles. The van der Waals surface area contributed by atoms with Crippen LogP contribution in [0.3, 0.4) is 0 Å². The first-order valence-corrected chi connectivity index (χ1v) is 10.7. The summed E-state index contributed by atoms with van der Waals surface area (Å²) in [6.45, 7) is 0. The van der Waals surface area contributed by atoms with Crippen molar-refractivity contribution < 1.29 is 19.1 Å². The van der Waals surface area contributed by atoms with E-state index >= 15 is 0 Å². The molecule has 0 saturated carbocycles. The third kappa shape index (κ3) is 3.14. The van der Waals surface area contributed by atoms with Crippen LogP contribution in [0, 0.1) is 0 Å². The second-order valence-corrected chi connectivity index (χ2v) is 8.10. The molecule has 0 aliphatic carbocycles. The Hall–Kier alpha value is -3.97. The number of imidazole rings is 1. The molecule has 0 aliphatic rings. The van der Waals surface area contributed by atoms with Gasteiger partial charge in [-0.15, -0.1) is 0 Å². The Morgan fingerprint density at radius 2 is 1.56 bits per heavy atom. The van der Waals surface area contributed by atoms with E-state index in [1.54, 1.807) is 16.5 Å². The van der Waals surface area contributed by atoms with Gasteiger partial charge in [-0.3, -0.25) is 14.0 Å². The highest BCUT2D eigenvalue weighted by Crippen LogP contribution is 2.34. The molecule has 0 radical (unpaired) electrons. The second kappa shape index (κ2) is 7.94. The van der Waals surface area contributed by atoms with E-state index in [2.05, 4.69) is 0 Å². The molecular formula is C25H18N2O4S. The van der Waals surface area contributed by atoms with E-state index in [1.807, 2.05) is 54.6 Å². The van der Waals surface area contributed by atoms with Crippen LogP contribution in [0.1, 0.15) is 20.8 Å². The van der Waals surface area contributed by atoms with Crippen molar-refractivity contribution in [3.63, 3.8) is 0 Å². The van der Waals surface area contributed by atoms with Crippen LogP contribution in [0.15, 0.2) is 72.8 Å². The number of methoxy groups -OCH3 is 2. The minimum absolute atomic E-state index is 0.223. The summed E-state index contributed by atoms with van der Waals surface area (Å²) in [4.78, 5) is 32.3. The Balaban J connectivity index is 1.71. The summed E-state index contributed by atoms with van der Waals surface area (Å²) in [6.07, 6.45) is 0. The average Bonchev–Trinajstić information content (AvgIpc) is 3.39. The Kier molecular flexibility index (Phi) is 4.95. The van der Waals surface area contributed by atoms with Gasteiger partial charge in [0.05, 0.1) is 24.4 Å². The SMILES string of the molecule is COc1ccc(C(=O)C(=O)c2c(-c3ccccc3)nc3sc4ccccc4n23)cc1OC. The maximum atomic E-state index is 13.6. The smallest absolute Gasteiger partial charge is 0.252 e. The number of hydrogen-bond acceptors (Lipinski definition) is 6. The van der Waals surface area contributed by atoms with Gasteiger partial charge in [0.2, 0.25) is 5.78 Å². The van der Waals surface area contributed by atoms with Crippen molar-refractivity contribution in [1.29, 1.82) is 0 Å². The van der Waals surface area contributed by atoms with Crippen LogP contribution in [0.25, 0.3) is 26.4 Å². The van der Waals surface area contributed by atoms with Gasteiger partial charge in [0.15, 0.2) is 16.5 Å². The summed E-state index contributed by atoms with van der Waals surface area (Å²) >= 11 is 1.48. The molecule has 0 spiro atoms. The molecule has 0 bridgehead atoms. The van der Waals surface area contributed by atoms with Gasteiger partial charge < -0.3 is 9.47 Å². The number of carbonyl (C=O) groups excluding carboxylic acids is 2. The number of ether oxygens (including phenoxy) is 2. The summed E-state index contributed by atoms with van der Waals surface area (Å²) in [5.74, 6) is -0.404. The van der Waals surface area contributed by atoms with Crippen molar-refractivity contribution in [2.75, 3.05) is 14.2 Å². The van der Waals surface area contributed by atoms with Crippen LogP contribution >= 0.6 is 11.3 Å². The zero-order valence-corrected chi connectivity index (χ0v) is 18.2. The van der Waals surface area contributed by atoms with Crippen LogP contribution < -0.4 is 9.47 Å². The first kappa shape index (κ1) is 20.0. The molecule has 6 nitrogen and oxygen atoms in total. The van der Waals surface area contributed by atoms with Crippen LogP contribution in [0.5, 0.6) is 11.5 Å². The van der Waals surface area contributed by atoms with E-state index in [1.165, 1.54) is 31.6 Å². The highest BCUT2D eigenvalue weighted by Gasteiger charge is 2.29. The van der Waals surface area contributed by atoms with E-state index in [4.69, 9.17) is 14.5 Å². The van der Waals surface area contributed by atoms with E-state index in [9.17, 15) is 9.59 Å². The lowest BCUT2D eigenvalue weighted by Crippen LogP contribution is -2.17. The van der Waals surface area contributed by atoms with Crippen molar-refractivity contribution in [2.24, 2.45) is 0 Å². The lowest BCUT2D eigenvalue weighted by atomic mass is 10.0. The van der Waals surface area contributed by atoms with Crippen LogP contribution in [0.2, 0.25) is 0 Å². The van der Waals surface area contributed by atoms with E-state index < -0.39 is 11.6 Å². The number of aromatic nitrogens is 2. The number of para-hydroxylation sites is 1. The highest BCUT2D eigenvalue weighted by atomic mass is 32.1. The molecule has 0 saturated heterocycles. The molecule has 158 valence electrons. The number of ketones is 2. The van der Waals surface area contributed by atoms with Gasteiger partial charge in [0, 0.05) is 11.1 Å². The summed E-state index contributed by atoms with van der Waals surface area (Å²) in [6, 6.07) is 21.9. The largest absolute Gasteiger partial charge is 0.493 e. The van der Waals surface area contributed by atoms with Gasteiger partial charge in [0.25, 0.3) is 5.78 Å². The number of fused-ring (bicyclic) bond motifs is 3. The molecule has 2 heterocycles. The number of thiazole rings is 1. The third-order valence-corrected chi connectivity index (χ3v) is 6.29. The fourth-order valence-corrected chi connectivity index (χ4v) is 4.77. The first-order valence-electron chi connectivity index (χ1n) is 9.89. The predicted molar refractivity (Wildman–Crippen MR) is 124 cm³/mol. The second-order valence-electron chi connectivity index (χ2n) is 7.09. The van der Waals surface area contributed by atoms with Crippen LogP contribution in [0.4, 0.5) is 0 Å². The fourth-order valence-electron chi connectivity index (χ4n) is 3.74. The van der Waals surface area contributed by atoms with Crippen LogP contribution in [-0.2, 0) is 0 Å². The Morgan fingerprint density at radius 1 is 0.844 bits per heavy atom. The number of nitrogens with zero attached hydrogens (tertiary/aromatic N) is 2.